The van der Waals surface area contributed by atoms with Gasteiger partial charge in [0.05, 0.1) is 11.1 Å². The van der Waals surface area contributed by atoms with Gasteiger partial charge in [-0.2, -0.15) is 5.26 Å². The van der Waals surface area contributed by atoms with Gasteiger partial charge in [0.25, 0.3) is 0 Å². The third-order valence-electron chi connectivity index (χ3n) is 2.45. The highest BCUT2D eigenvalue weighted by Crippen LogP contribution is 2.20. The predicted molar refractivity (Wildman–Crippen MR) is 57.6 cm³/mol. The fraction of sp³-hybridized carbons (Fsp3) is 0.273. The third-order valence-corrected chi connectivity index (χ3v) is 2.45. The number of nitrogens with one attached hydrogen (secondary N) is 1. The number of aromatic nitrogens is 2. The van der Waals surface area contributed by atoms with E-state index in [2.05, 4.69) is 4.98 Å². The summed E-state index contributed by atoms with van der Waals surface area (Å²) in [7, 11) is 0. The Labute approximate surface area is 90.9 Å². The number of aromatic amines is 1. The number of rotatable bonds is 1. The Kier molecular flexibility index (Phi) is 2.27. The Balaban J connectivity index is 2.97. The van der Waals surface area contributed by atoms with Crippen LogP contribution in [0.25, 0.3) is 11.0 Å². The number of nitrogens with zero attached hydrogens (tertiary/aromatic N) is 2. The first-order valence-corrected chi connectivity index (χ1v) is 4.89. The highest BCUT2D eigenvalue weighted by Gasteiger charge is 2.16. The van der Waals surface area contributed by atoms with Gasteiger partial charge in [-0.05, 0) is 26.0 Å². The van der Waals surface area contributed by atoms with Gasteiger partial charge in [0.15, 0.2) is 5.82 Å². The van der Waals surface area contributed by atoms with E-state index in [0.29, 0.717) is 5.52 Å². The van der Waals surface area contributed by atoms with Crippen molar-refractivity contribution < 1.29 is 4.39 Å². The maximum absolute atomic E-state index is 13.9. The van der Waals surface area contributed by atoms with E-state index in [1.807, 2.05) is 0 Å². The van der Waals surface area contributed by atoms with Gasteiger partial charge in [-0.3, -0.25) is 4.57 Å². The second-order valence-corrected chi connectivity index (χ2v) is 3.83. The zero-order valence-electron chi connectivity index (χ0n) is 8.91. The summed E-state index contributed by atoms with van der Waals surface area (Å²) >= 11 is 0. The fourth-order valence-electron chi connectivity index (χ4n) is 1.76. The van der Waals surface area contributed by atoms with Gasteiger partial charge in [0, 0.05) is 6.04 Å². The molecule has 1 heterocycles. The number of hydrogen-bond donors (Lipinski definition) is 1. The number of H-pyrrole nitrogens is 1. The highest BCUT2D eigenvalue weighted by atomic mass is 19.1. The normalized spacial score (nSPS) is 10.9. The van der Waals surface area contributed by atoms with Crippen LogP contribution in [0.15, 0.2) is 16.9 Å². The molecule has 0 saturated carbocycles. The minimum absolute atomic E-state index is 0.0547. The van der Waals surface area contributed by atoms with Crippen LogP contribution in [-0.2, 0) is 0 Å². The molecule has 0 amide bonds. The molecule has 1 aromatic carbocycles. The van der Waals surface area contributed by atoms with Crippen LogP contribution >= 0.6 is 0 Å². The smallest absolute Gasteiger partial charge is 0.305 e. The summed E-state index contributed by atoms with van der Waals surface area (Å²) < 4.78 is 15.2. The molecule has 0 fully saturated rings. The van der Waals surface area contributed by atoms with Crippen LogP contribution < -0.4 is 5.69 Å². The van der Waals surface area contributed by atoms with Gasteiger partial charge in [0.1, 0.15) is 11.6 Å². The Morgan fingerprint density at radius 3 is 2.75 bits per heavy atom. The Hall–Kier alpha value is -2.09. The van der Waals surface area contributed by atoms with E-state index < -0.39 is 5.82 Å². The topological polar surface area (TPSA) is 61.6 Å². The molecule has 2 rings (SSSR count). The molecule has 2 aromatic rings. The molecule has 0 spiro atoms. The van der Waals surface area contributed by atoms with Gasteiger partial charge < -0.3 is 4.98 Å². The van der Waals surface area contributed by atoms with Crippen LogP contribution in [0.5, 0.6) is 0 Å². The molecule has 0 atom stereocenters. The molecule has 5 heteroatoms. The van der Waals surface area contributed by atoms with Crippen molar-refractivity contribution in [2.45, 2.75) is 19.9 Å². The second kappa shape index (κ2) is 3.49. The summed E-state index contributed by atoms with van der Waals surface area (Å²) in [6.45, 7) is 3.57. The van der Waals surface area contributed by atoms with Crippen molar-refractivity contribution in [1.82, 2.24) is 9.55 Å². The Morgan fingerprint density at radius 2 is 2.19 bits per heavy atom. The minimum Gasteiger partial charge on any atom is -0.305 e. The first-order valence-electron chi connectivity index (χ1n) is 4.89. The van der Waals surface area contributed by atoms with Gasteiger partial charge in [0.2, 0.25) is 0 Å². The van der Waals surface area contributed by atoms with E-state index in [-0.39, 0.29) is 22.8 Å². The van der Waals surface area contributed by atoms with Crippen molar-refractivity contribution in [2.24, 2.45) is 0 Å². The monoisotopic (exact) mass is 219 g/mol. The molecule has 82 valence electrons. The van der Waals surface area contributed by atoms with Gasteiger partial charge in [-0.1, -0.05) is 0 Å². The van der Waals surface area contributed by atoms with Crippen LogP contribution in [0.4, 0.5) is 4.39 Å². The molecule has 0 radical (unpaired) electrons. The molecule has 0 aliphatic rings. The Morgan fingerprint density at radius 1 is 1.50 bits per heavy atom. The lowest BCUT2D eigenvalue weighted by atomic mass is 10.2. The number of hydrogen-bond acceptors (Lipinski definition) is 2. The van der Waals surface area contributed by atoms with E-state index >= 15 is 0 Å². The van der Waals surface area contributed by atoms with Crippen molar-refractivity contribution in [3.8, 4) is 6.07 Å². The molecule has 1 aromatic heterocycles. The molecular formula is C11H10FN3O. The maximum atomic E-state index is 13.9. The lowest BCUT2D eigenvalue weighted by Crippen LogP contribution is -2.18. The van der Waals surface area contributed by atoms with E-state index in [4.69, 9.17) is 5.26 Å². The van der Waals surface area contributed by atoms with Crippen molar-refractivity contribution in [3.05, 3.63) is 34.0 Å². The van der Waals surface area contributed by atoms with Crippen LogP contribution in [0, 0.1) is 17.1 Å². The number of nitriles is 1. The van der Waals surface area contributed by atoms with E-state index in [9.17, 15) is 9.18 Å². The highest BCUT2D eigenvalue weighted by molar-refractivity contribution is 5.78. The molecule has 4 nitrogen and oxygen atoms in total. The fourth-order valence-corrected chi connectivity index (χ4v) is 1.76. The number of benzene rings is 1. The summed E-state index contributed by atoms with van der Waals surface area (Å²) in [4.78, 5) is 14.1. The first kappa shape index (κ1) is 10.4. The standard InChI is InChI=1S/C11H10FN3O/c1-6(2)15-10-8(14-11(15)16)4-3-7(5-13)9(10)12/h3-4,6H,1-2H3,(H,14,16). The second-order valence-electron chi connectivity index (χ2n) is 3.83. The molecule has 1 N–H and O–H groups in total. The van der Waals surface area contributed by atoms with Crippen LogP contribution in [-0.4, -0.2) is 9.55 Å². The van der Waals surface area contributed by atoms with Crippen LogP contribution in [0.3, 0.4) is 0 Å². The first-order chi connectivity index (χ1) is 7.56. The predicted octanol–water partition coefficient (Wildman–Crippen LogP) is 1.92. The lowest BCUT2D eigenvalue weighted by molar-refractivity contribution is 0.572. The zero-order valence-corrected chi connectivity index (χ0v) is 8.91. The lowest BCUT2D eigenvalue weighted by Gasteiger charge is -2.07. The average Bonchev–Trinajstić information content (AvgIpc) is 2.56. The van der Waals surface area contributed by atoms with E-state index in [1.54, 1.807) is 19.9 Å². The van der Waals surface area contributed by atoms with E-state index in [1.165, 1.54) is 16.7 Å². The van der Waals surface area contributed by atoms with Crippen molar-refractivity contribution in [2.75, 3.05) is 0 Å². The molecule has 0 aliphatic heterocycles. The largest absolute Gasteiger partial charge is 0.326 e. The number of fused-ring (bicyclic) bond motifs is 1. The number of imidazole rings is 1. The molecule has 16 heavy (non-hydrogen) atoms. The quantitative estimate of drug-likeness (QED) is 0.796. The minimum atomic E-state index is -0.646. The van der Waals surface area contributed by atoms with Gasteiger partial charge in [-0.15, -0.1) is 0 Å². The molecule has 0 unspecified atom stereocenters. The maximum Gasteiger partial charge on any atom is 0.326 e. The van der Waals surface area contributed by atoms with Crippen molar-refractivity contribution in [3.63, 3.8) is 0 Å². The summed E-state index contributed by atoms with van der Waals surface area (Å²) in [5.41, 5.74) is 0.161. The third kappa shape index (κ3) is 1.31. The SMILES string of the molecule is CC(C)n1c(=O)[nH]c2ccc(C#N)c(F)c21. The van der Waals surface area contributed by atoms with Gasteiger partial charge in [-0.25, -0.2) is 9.18 Å². The van der Waals surface area contributed by atoms with Crippen molar-refractivity contribution >= 4 is 11.0 Å². The van der Waals surface area contributed by atoms with Crippen molar-refractivity contribution in [1.29, 1.82) is 5.26 Å². The summed E-state index contributed by atoms with van der Waals surface area (Å²) in [6, 6.07) is 4.49. The average molecular weight is 219 g/mol. The summed E-state index contributed by atoms with van der Waals surface area (Å²) in [5.74, 6) is -0.646. The summed E-state index contributed by atoms with van der Waals surface area (Å²) in [6.07, 6.45) is 0. The van der Waals surface area contributed by atoms with Gasteiger partial charge >= 0.3 is 5.69 Å². The zero-order chi connectivity index (χ0) is 11.9. The number of halogens is 1. The molecular weight excluding hydrogens is 209 g/mol. The summed E-state index contributed by atoms with van der Waals surface area (Å²) in [5, 5.41) is 8.73. The molecule has 0 saturated heterocycles. The Bertz CT molecular complexity index is 646. The van der Waals surface area contributed by atoms with Crippen LogP contribution in [0.2, 0.25) is 0 Å². The van der Waals surface area contributed by atoms with Crippen LogP contribution in [0.1, 0.15) is 25.5 Å². The van der Waals surface area contributed by atoms with E-state index in [0.717, 1.165) is 0 Å². The molecule has 0 aliphatic carbocycles. The molecule has 0 bridgehead atoms.